The standard InChI is InChI=1S/C16H20FN3O/c1-3-12(4-2)20-9-8-11(19-20)10-15(21)13-6-5-7-14(17)16(13)18/h5-9,12H,3-4,10,18H2,1-2H3. The maximum atomic E-state index is 13.4. The summed E-state index contributed by atoms with van der Waals surface area (Å²) in [5.74, 6) is -0.787. The molecule has 0 amide bonds. The molecule has 1 heterocycles. The van der Waals surface area contributed by atoms with Crippen LogP contribution in [0.4, 0.5) is 10.1 Å². The van der Waals surface area contributed by atoms with Gasteiger partial charge in [-0.3, -0.25) is 9.48 Å². The number of nitrogens with zero attached hydrogens (tertiary/aromatic N) is 2. The predicted molar refractivity (Wildman–Crippen MR) is 80.7 cm³/mol. The second-order valence-electron chi connectivity index (χ2n) is 5.06. The Labute approximate surface area is 123 Å². The molecule has 1 aromatic heterocycles. The fourth-order valence-electron chi connectivity index (χ4n) is 2.38. The third kappa shape index (κ3) is 3.29. The van der Waals surface area contributed by atoms with E-state index in [0.29, 0.717) is 11.7 Å². The van der Waals surface area contributed by atoms with Gasteiger partial charge in [-0.1, -0.05) is 19.9 Å². The molecule has 0 aliphatic heterocycles. The summed E-state index contributed by atoms with van der Waals surface area (Å²) >= 11 is 0. The molecular formula is C16H20FN3O. The molecule has 0 fully saturated rings. The van der Waals surface area contributed by atoms with Crippen molar-refractivity contribution in [3.05, 3.63) is 47.5 Å². The number of ketones is 1. The van der Waals surface area contributed by atoms with E-state index in [1.165, 1.54) is 12.1 Å². The molecule has 2 rings (SSSR count). The van der Waals surface area contributed by atoms with E-state index in [4.69, 9.17) is 5.73 Å². The second-order valence-corrected chi connectivity index (χ2v) is 5.06. The third-order valence-electron chi connectivity index (χ3n) is 3.68. The van der Waals surface area contributed by atoms with Crippen LogP contribution in [0.3, 0.4) is 0 Å². The van der Waals surface area contributed by atoms with E-state index < -0.39 is 5.82 Å². The van der Waals surface area contributed by atoms with Crippen molar-refractivity contribution in [1.82, 2.24) is 9.78 Å². The van der Waals surface area contributed by atoms with Gasteiger partial charge < -0.3 is 5.73 Å². The van der Waals surface area contributed by atoms with Crippen molar-refractivity contribution in [2.45, 2.75) is 39.2 Å². The van der Waals surface area contributed by atoms with E-state index in [1.54, 1.807) is 6.07 Å². The van der Waals surface area contributed by atoms with Gasteiger partial charge in [0, 0.05) is 11.8 Å². The Morgan fingerprint density at radius 3 is 2.71 bits per heavy atom. The molecule has 0 saturated carbocycles. The number of halogens is 1. The summed E-state index contributed by atoms with van der Waals surface area (Å²) in [4.78, 5) is 12.2. The Morgan fingerprint density at radius 2 is 2.05 bits per heavy atom. The molecule has 112 valence electrons. The van der Waals surface area contributed by atoms with Crippen LogP contribution in [0.5, 0.6) is 0 Å². The number of anilines is 1. The zero-order valence-electron chi connectivity index (χ0n) is 12.3. The molecule has 0 saturated heterocycles. The van der Waals surface area contributed by atoms with Gasteiger partial charge in [0.15, 0.2) is 5.78 Å². The quantitative estimate of drug-likeness (QED) is 0.655. The van der Waals surface area contributed by atoms with E-state index in [9.17, 15) is 9.18 Å². The Kier molecular flexibility index (Phi) is 4.73. The first-order valence-electron chi connectivity index (χ1n) is 7.18. The van der Waals surface area contributed by atoms with Crippen molar-refractivity contribution in [3.8, 4) is 0 Å². The Bertz CT molecular complexity index is 632. The van der Waals surface area contributed by atoms with Crippen LogP contribution < -0.4 is 5.73 Å². The number of rotatable bonds is 6. The van der Waals surface area contributed by atoms with E-state index in [-0.39, 0.29) is 23.5 Å². The van der Waals surface area contributed by atoms with Crippen molar-refractivity contribution in [3.63, 3.8) is 0 Å². The smallest absolute Gasteiger partial charge is 0.171 e. The SMILES string of the molecule is CCC(CC)n1ccc(CC(=O)c2cccc(F)c2N)n1. The largest absolute Gasteiger partial charge is 0.396 e. The van der Waals surface area contributed by atoms with Crippen LogP contribution in [0.2, 0.25) is 0 Å². The van der Waals surface area contributed by atoms with Crippen LogP contribution >= 0.6 is 0 Å². The number of aromatic nitrogens is 2. The minimum Gasteiger partial charge on any atom is -0.396 e. The minimum absolute atomic E-state index is 0.0954. The first-order valence-corrected chi connectivity index (χ1v) is 7.18. The second kappa shape index (κ2) is 6.52. The molecule has 2 N–H and O–H groups in total. The normalized spacial score (nSPS) is 11.0. The van der Waals surface area contributed by atoms with Gasteiger partial charge >= 0.3 is 0 Å². The summed E-state index contributed by atoms with van der Waals surface area (Å²) in [6.45, 7) is 4.21. The number of nitrogen functional groups attached to an aromatic ring is 1. The summed E-state index contributed by atoms with van der Waals surface area (Å²) in [6.07, 6.45) is 3.99. The van der Waals surface area contributed by atoms with Gasteiger partial charge in [0.2, 0.25) is 0 Å². The topological polar surface area (TPSA) is 60.9 Å². The highest BCUT2D eigenvalue weighted by Crippen LogP contribution is 2.19. The van der Waals surface area contributed by atoms with Crippen molar-refractivity contribution in [2.75, 3.05) is 5.73 Å². The number of para-hydroxylation sites is 1. The number of Topliss-reactive ketones (excluding diaryl/α,β-unsaturated/α-hetero) is 1. The summed E-state index contributed by atoms with van der Waals surface area (Å²) in [7, 11) is 0. The molecule has 0 unspecified atom stereocenters. The number of nitrogens with two attached hydrogens (primary N) is 1. The van der Waals surface area contributed by atoms with Crippen LogP contribution in [0.15, 0.2) is 30.5 Å². The van der Waals surface area contributed by atoms with Crippen LogP contribution in [-0.4, -0.2) is 15.6 Å². The summed E-state index contributed by atoms with van der Waals surface area (Å²) in [5.41, 5.74) is 6.41. The average molecular weight is 289 g/mol. The lowest BCUT2D eigenvalue weighted by atomic mass is 10.0. The third-order valence-corrected chi connectivity index (χ3v) is 3.68. The molecule has 5 heteroatoms. The van der Waals surface area contributed by atoms with Gasteiger partial charge in [-0.15, -0.1) is 0 Å². The molecular weight excluding hydrogens is 269 g/mol. The number of benzene rings is 1. The maximum Gasteiger partial charge on any atom is 0.171 e. The average Bonchev–Trinajstić information content (AvgIpc) is 2.91. The molecule has 1 aromatic carbocycles. The number of carbonyl (C=O) groups excluding carboxylic acids is 1. The Balaban J connectivity index is 2.15. The van der Waals surface area contributed by atoms with Gasteiger partial charge in [0.05, 0.1) is 23.8 Å². The van der Waals surface area contributed by atoms with Crippen LogP contribution in [0.1, 0.15) is 48.8 Å². The van der Waals surface area contributed by atoms with Crippen molar-refractivity contribution in [2.24, 2.45) is 0 Å². The summed E-state index contributed by atoms with van der Waals surface area (Å²) in [5, 5.41) is 4.43. The highest BCUT2D eigenvalue weighted by Gasteiger charge is 2.15. The lowest BCUT2D eigenvalue weighted by molar-refractivity contribution is 0.0992. The van der Waals surface area contributed by atoms with Gasteiger partial charge in [-0.2, -0.15) is 5.10 Å². The first-order chi connectivity index (χ1) is 10.1. The van der Waals surface area contributed by atoms with E-state index in [1.807, 2.05) is 16.9 Å². The van der Waals surface area contributed by atoms with Crippen LogP contribution in [0.25, 0.3) is 0 Å². The van der Waals surface area contributed by atoms with E-state index in [2.05, 4.69) is 18.9 Å². The molecule has 4 nitrogen and oxygen atoms in total. The van der Waals surface area contributed by atoms with Crippen molar-refractivity contribution in [1.29, 1.82) is 0 Å². The Morgan fingerprint density at radius 1 is 1.33 bits per heavy atom. The van der Waals surface area contributed by atoms with Gasteiger partial charge in [0.1, 0.15) is 5.82 Å². The first kappa shape index (κ1) is 15.2. The molecule has 0 spiro atoms. The summed E-state index contributed by atoms with van der Waals surface area (Å²) in [6, 6.07) is 6.44. The maximum absolute atomic E-state index is 13.4. The predicted octanol–water partition coefficient (Wildman–Crippen LogP) is 3.39. The molecule has 21 heavy (non-hydrogen) atoms. The van der Waals surface area contributed by atoms with Crippen molar-refractivity contribution < 1.29 is 9.18 Å². The minimum atomic E-state index is -0.566. The van der Waals surface area contributed by atoms with Crippen LogP contribution in [0, 0.1) is 5.82 Å². The van der Waals surface area contributed by atoms with Gasteiger partial charge in [-0.25, -0.2) is 4.39 Å². The zero-order chi connectivity index (χ0) is 15.4. The highest BCUT2D eigenvalue weighted by atomic mass is 19.1. The number of hydrogen-bond donors (Lipinski definition) is 1. The lowest BCUT2D eigenvalue weighted by Gasteiger charge is -2.12. The lowest BCUT2D eigenvalue weighted by Crippen LogP contribution is -2.11. The highest BCUT2D eigenvalue weighted by molar-refractivity contribution is 6.01. The van der Waals surface area contributed by atoms with Crippen LogP contribution in [-0.2, 0) is 6.42 Å². The van der Waals surface area contributed by atoms with Crippen molar-refractivity contribution >= 4 is 11.5 Å². The number of hydrogen-bond acceptors (Lipinski definition) is 3. The zero-order valence-corrected chi connectivity index (χ0v) is 12.3. The fraction of sp³-hybridized carbons (Fsp3) is 0.375. The Hall–Kier alpha value is -2.17. The van der Waals surface area contributed by atoms with Gasteiger partial charge in [0.25, 0.3) is 0 Å². The molecule has 0 aliphatic carbocycles. The molecule has 2 aromatic rings. The number of carbonyl (C=O) groups is 1. The monoisotopic (exact) mass is 289 g/mol. The summed E-state index contributed by atoms with van der Waals surface area (Å²) < 4.78 is 15.3. The van der Waals surface area contributed by atoms with E-state index >= 15 is 0 Å². The molecule has 0 aliphatic rings. The van der Waals surface area contributed by atoms with Gasteiger partial charge in [-0.05, 0) is 31.0 Å². The molecule has 0 atom stereocenters. The molecule has 0 bridgehead atoms. The van der Waals surface area contributed by atoms with E-state index in [0.717, 1.165) is 12.8 Å². The fourth-order valence-corrected chi connectivity index (χ4v) is 2.38. The molecule has 0 radical (unpaired) electrons.